The zero-order valence-corrected chi connectivity index (χ0v) is 17.9. The van der Waals surface area contributed by atoms with E-state index in [9.17, 15) is 8.42 Å². The van der Waals surface area contributed by atoms with E-state index in [0.717, 1.165) is 0 Å². The molecule has 1 unspecified atom stereocenters. The highest BCUT2D eigenvalue weighted by Crippen LogP contribution is 2.28. The predicted molar refractivity (Wildman–Crippen MR) is 116 cm³/mol. The van der Waals surface area contributed by atoms with E-state index in [0.29, 0.717) is 34.4 Å². The topological polar surface area (TPSA) is 88.7 Å². The van der Waals surface area contributed by atoms with Crippen molar-refractivity contribution >= 4 is 38.7 Å². The van der Waals surface area contributed by atoms with E-state index in [2.05, 4.69) is 15.4 Å². The van der Waals surface area contributed by atoms with E-state index in [1.54, 1.807) is 56.5 Å². The highest BCUT2D eigenvalue weighted by Gasteiger charge is 2.19. The van der Waals surface area contributed by atoms with Gasteiger partial charge in [0, 0.05) is 18.8 Å². The van der Waals surface area contributed by atoms with Gasteiger partial charge in [0.2, 0.25) is 0 Å². The first-order valence-corrected chi connectivity index (χ1v) is 10.5. The van der Waals surface area contributed by atoms with Crippen LogP contribution in [0.4, 0.5) is 11.4 Å². The largest absolute Gasteiger partial charge is 0.495 e. The van der Waals surface area contributed by atoms with Gasteiger partial charge in [0.15, 0.2) is 5.11 Å². The average molecular weight is 424 g/mol. The molecule has 0 heterocycles. The summed E-state index contributed by atoms with van der Waals surface area (Å²) in [5.74, 6) is 0.440. The molecule has 1 atom stereocenters. The van der Waals surface area contributed by atoms with Crippen LogP contribution in [0, 0.1) is 6.92 Å². The molecule has 0 fully saturated rings. The van der Waals surface area contributed by atoms with Gasteiger partial charge in [-0.1, -0.05) is 18.2 Å². The van der Waals surface area contributed by atoms with E-state index < -0.39 is 10.0 Å². The molecule has 2 aromatic carbocycles. The lowest BCUT2D eigenvalue weighted by molar-refractivity contribution is 0.179. The van der Waals surface area contributed by atoms with Crippen LogP contribution in [0.2, 0.25) is 0 Å². The maximum absolute atomic E-state index is 12.9. The fourth-order valence-corrected chi connectivity index (χ4v) is 4.24. The number of nitrogens with one attached hydrogen (secondary N) is 3. The van der Waals surface area contributed by atoms with Gasteiger partial charge in [-0.2, -0.15) is 0 Å². The van der Waals surface area contributed by atoms with Crippen molar-refractivity contribution in [2.75, 3.05) is 30.9 Å². The van der Waals surface area contributed by atoms with Crippen molar-refractivity contribution in [3.05, 3.63) is 48.0 Å². The Kier molecular flexibility index (Phi) is 7.61. The summed E-state index contributed by atoms with van der Waals surface area (Å²) < 4.78 is 38.7. The lowest BCUT2D eigenvalue weighted by atomic mass is 10.2. The van der Waals surface area contributed by atoms with Crippen LogP contribution in [0.5, 0.6) is 5.75 Å². The number of ether oxygens (including phenoxy) is 2. The van der Waals surface area contributed by atoms with Crippen LogP contribution in [0.3, 0.4) is 0 Å². The standard InChI is InChI=1S/C19H25N3O4S2/c1-13-9-10-15(21-19(27)20-14(2)12-25-3)11-18(13)28(23,24)22-16-7-5-6-8-17(16)26-4/h5-11,14,22H,12H2,1-4H3,(H2,20,21,27). The number of para-hydroxylation sites is 2. The minimum Gasteiger partial charge on any atom is -0.495 e. The van der Waals surface area contributed by atoms with Gasteiger partial charge < -0.3 is 20.1 Å². The number of methoxy groups -OCH3 is 2. The number of aryl methyl sites for hydroxylation is 1. The molecule has 0 saturated heterocycles. The summed E-state index contributed by atoms with van der Waals surface area (Å²) in [6.07, 6.45) is 0. The smallest absolute Gasteiger partial charge is 0.262 e. The molecule has 0 spiro atoms. The highest BCUT2D eigenvalue weighted by molar-refractivity contribution is 7.92. The Hall–Kier alpha value is -2.36. The molecule has 0 saturated carbocycles. The molecule has 2 aromatic rings. The van der Waals surface area contributed by atoms with Gasteiger partial charge in [-0.3, -0.25) is 4.72 Å². The number of rotatable bonds is 8. The summed E-state index contributed by atoms with van der Waals surface area (Å²) in [6, 6.07) is 11.9. The predicted octanol–water partition coefficient (Wildman–Crippen LogP) is 3.13. The van der Waals surface area contributed by atoms with Gasteiger partial charge in [-0.05, 0) is 55.9 Å². The summed E-state index contributed by atoms with van der Waals surface area (Å²) in [7, 11) is -0.721. The first-order valence-electron chi connectivity index (χ1n) is 8.59. The minimum absolute atomic E-state index is 0.0193. The number of benzene rings is 2. The van der Waals surface area contributed by atoms with E-state index in [1.165, 1.54) is 7.11 Å². The van der Waals surface area contributed by atoms with Gasteiger partial charge in [0.05, 0.1) is 24.3 Å². The molecule has 9 heteroatoms. The quantitative estimate of drug-likeness (QED) is 0.562. The van der Waals surface area contributed by atoms with Crippen LogP contribution in [-0.2, 0) is 14.8 Å². The highest BCUT2D eigenvalue weighted by atomic mass is 32.2. The number of thiocarbonyl (C=S) groups is 1. The summed E-state index contributed by atoms with van der Waals surface area (Å²) in [4.78, 5) is 0.149. The Morgan fingerprint density at radius 1 is 1.18 bits per heavy atom. The normalized spacial score (nSPS) is 12.1. The number of anilines is 2. The fourth-order valence-electron chi connectivity index (χ4n) is 2.58. The van der Waals surface area contributed by atoms with Crippen LogP contribution >= 0.6 is 12.2 Å². The molecule has 2 rings (SSSR count). The van der Waals surface area contributed by atoms with Crippen LogP contribution in [0.1, 0.15) is 12.5 Å². The van der Waals surface area contributed by atoms with Gasteiger partial charge in [0.25, 0.3) is 10.0 Å². The number of hydrogen-bond acceptors (Lipinski definition) is 5. The van der Waals surface area contributed by atoms with E-state index in [-0.39, 0.29) is 10.9 Å². The summed E-state index contributed by atoms with van der Waals surface area (Å²) in [6.45, 7) is 4.16. The van der Waals surface area contributed by atoms with Crippen LogP contribution in [0.25, 0.3) is 0 Å². The lowest BCUT2D eigenvalue weighted by Crippen LogP contribution is -2.38. The van der Waals surface area contributed by atoms with Crippen LogP contribution < -0.4 is 20.1 Å². The zero-order chi connectivity index (χ0) is 20.7. The monoisotopic (exact) mass is 423 g/mol. The molecule has 0 bridgehead atoms. The summed E-state index contributed by atoms with van der Waals surface area (Å²) >= 11 is 5.27. The molecular weight excluding hydrogens is 398 g/mol. The minimum atomic E-state index is -3.82. The second-order valence-corrected chi connectivity index (χ2v) is 8.30. The first kappa shape index (κ1) is 21.9. The number of hydrogen-bond donors (Lipinski definition) is 3. The molecule has 3 N–H and O–H groups in total. The second kappa shape index (κ2) is 9.72. The van der Waals surface area contributed by atoms with Crippen molar-refractivity contribution in [3.8, 4) is 5.75 Å². The molecule has 0 aromatic heterocycles. The van der Waals surface area contributed by atoms with E-state index >= 15 is 0 Å². The SMILES string of the molecule is COCC(C)NC(=S)Nc1ccc(C)c(S(=O)(=O)Nc2ccccc2OC)c1. The maximum Gasteiger partial charge on any atom is 0.262 e. The van der Waals surface area contributed by atoms with Crippen LogP contribution in [0.15, 0.2) is 47.4 Å². The third kappa shape index (κ3) is 5.82. The Morgan fingerprint density at radius 2 is 1.89 bits per heavy atom. The molecule has 7 nitrogen and oxygen atoms in total. The zero-order valence-electron chi connectivity index (χ0n) is 16.3. The Balaban J connectivity index is 2.23. The third-order valence-electron chi connectivity index (χ3n) is 3.88. The van der Waals surface area contributed by atoms with E-state index in [4.69, 9.17) is 21.7 Å². The Bertz CT molecular complexity index is 933. The van der Waals surface area contributed by atoms with Crippen molar-refractivity contribution in [1.82, 2.24) is 5.32 Å². The van der Waals surface area contributed by atoms with Crippen molar-refractivity contribution in [3.63, 3.8) is 0 Å². The number of sulfonamides is 1. The Morgan fingerprint density at radius 3 is 2.57 bits per heavy atom. The summed E-state index contributed by atoms with van der Waals surface area (Å²) in [5, 5.41) is 6.46. The molecule has 28 heavy (non-hydrogen) atoms. The summed E-state index contributed by atoms with van der Waals surface area (Å²) in [5.41, 5.74) is 1.54. The molecule has 0 amide bonds. The van der Waals surface area contributed by atoms with Gasteiger partial charge in [-0.25, -0.2) is 8.42 Å². The molecule has 0 aliphatic carbocycles. The molecule has 0 aliphatic heterocycles. The molecular formula is C19H25N3O4S2. The van der Waals surface area contributed by atoms with Crippen molar-refractivity contribution in [1.29, 1.82) is 0 Å². The average Bonchev–Trinajstić information content (AvgIpc) is 2.63. The first-order chi connectivity index (χ1) is 13.3. The van der Waals surface area contributed by atoms with Crippen molar-refractivity contribution in [2.24, 2.45) is 0 Å². The van der Waals surface area contributed by atoms with Crippen molar-refractivity contribution < 1.29 is 17.9 Å². The van der Waals surface area contributed by atoms with Gasteiger partial charge >= 0.3 is 0 Å². The molecule has 0 aliphatic rings. The maximum atomic E-state index is 12.9. The molecule has 0 radical (unpaired) electrons. The van der Waals surface area contributed by atoms with Gasteiger partial charge in [-0.15, -0.1) is 0 Å². The third-order valence-corrected chi connectivity index (χ3v) is 5.61. The van der Waals surface area contributed by atoms with Crippen LogP contribution in [-0.4, -0.2) is 40.4 Å². The van der Waals surface area contributed by atoms with Gasteiger partial charge in [0.1, 0.15) is 5.75 Å². The molecule has 152 valence electrons. The lowest BCUT2D eigenvalue weighted by Gasteiger charge is -2.17. The van der Waals surface area contributed by atoms with Crippen molar-refractivity contribution in [2.45, 2.75) is 24.8 Å². The Labute approximate surface area is 171 Å². The fraction of sp³-hybridized carbons (Fsp3) is 0.316. The second-order valence-electron chi connectivity index (χ2n) is 6.24. The van der Waals surface area contributed by atoms with E-state index in [1.807, 2.05) is 6.92 Å².